The molecule has 0 aliphatic carbocycles. The zero-order chi connectivity index (χ0) is 19.8. The Morgan fingerprint density at radius 1 is 1.15 bits per heavy atom. The topological polar surface area (TPSA) is 120 Å². The van der Waals surface area contributed by atoms with Crippen molar-refractivity contribution in [3.05, 3.63) is 64.2 Å². The molecule has 0 fully saturated rings. The van der Waals surface area contributed by atoms with Gasteiger partial charge in [0.15, 0.2) is 0 Å². The summed E-state index contributed by atoms with van der Waals surface area (Å²) in [4.78, 5) is 34.5. The molecule has 0 saturated carbocycles. The normalized spacial score (nSPS) is 10.4. The largest absolute Gasteiger partial charge is 0.545 e. The van der Waals surface area contributed by atoms with E-state index in [1.54, 1.807) is 24.3 Å². The zero-order valence-electron chi connectivity index (χ0n) is 14.2. The summed E-state index contributed by atoms with van der Waals surface area (Å²) in [6.07, 6.45) is 1.19. The van der Waals surface area contributed by atoms with Crippen molar-refractivity contribution in [2.75, 3.05) is 7.11 Å². The number of methoxy groups -OCH3 is 1. The lowest BCUT2D eigenvalue weighted by Gasteiger charge is -2.09. The van der Waals surface area contributed by atoms with Crippen molar-refractivity contribution in [1.82, 2.24) is 10.7 Å². The first-order valence-electron chi connectivity index (χ1n) is 7.65. The van der Waals surface area contributed by atoms with Crippen molar-refractivity contribution in [2.24, 2.45) is 5.10 Å². The van der Waals surface area contributed by atoms with Crippen LogP contribution in [0.3, 0.4) is 0 Å². The number of nitrogens with one attached hydrogen (secondary N) is 2. The van der Waals surface area contributed by atoms with E-state index < -0.39 is 17.8 Å². The molecule has 0 aliphatic heterocycles. The van der Waals surface area contributed by atoms with Crippen LogP contribution in [0.4, 0.5) is 0 Å². The van der Waals surface area contributed by atoms with Gasteiger partial charge in [-0.1, -0.05) is 23.7 Å². The minimum absolute atomic E-state index is 0.137. The van der Waals surface area contributed by atoms with Crippen LogP contribution < -0.4 is 20.6 Å². The number of hydrogen-bond acceptors (Lipinski definition) is 6. The third kappa shape index (κ3) is 5.82. The van der Waals surface area contributed by atoms with Gasteiger partial charge in [-0.3, -0.25) is 9.59 Å². The lowest BCUT2D eigenvalue weighted by molar-refractivity contribution is -0.255. The van der Waals surface area contributed by atoms with Crippen LogP contribution in [0.2, 0.25) is 5.02 Å². The average Bonchev–Trinajstić information content (AvgIpc) is 2.67. The van der Waals surface area contributed by atoms with Crippen molar-refractivity contribution in [3.63, 3.8) is 0 Å². The molecule has 2 amide bonds. The predicted molar refractivity (Wildman–Crippen MR) is 96.4 cm³/mol. The third-order valence-corrected chi connectivity index (χ3v) is 3.65. The molecule has 0 atom stereocenters. The Bertz CT molecular complexity index is 881. The molecule has 0 radical (unpaired) electrons. The van der Waals surface area contributed by atoms with Crippen molar-refractivity contribution in [1.29, 1.82) is 0 Å². The third-order valence-electron chi connectivity index (χ3n) is 3.40. The molecule has 0 saturated heterocycles. The highest BCUT2D eigenvalue weighted by Gasteiger charge is 2.12. The van der Waals surface area contributed by atoms with Gasteiger partial charge in [0.05, 0.1) is 19.3 Å². The van der Waals surface area contributed by atoms with Crippen LogP contribution in [-0.2, 0) is 16.1 Å². The summed E-state index contributed by atoms with van der Waals surface area (Å²) in [5.41, 5.74) is 3.05. The summed E-state index contributed by atoms with van der Waals surface area (Å²) in [7, 11) is 1.33. The second-order valence-corrected chi connectivity index (χ2v) is 5.69. The van der Waals surface area contributed by atoms with Gasteiger partial charge < -0.3 is 20.0 Å². The molecule has 140 valence electrons. The molecule has 9 heteroatoms. The minimum atomic E-state index is -1.41. The monoisotopic (exact) mass is 388 g/mol. The van der Waals surface area contributed by atoms with E-state index in [1.165, 1.54) is 31.5 Å². The Labute approximate surface area is 159 Å². The Hall–Kier alpha value is -3.39. The summed E-state index contributed by atoms with van der Waals surface area (Å²) in [6.45, 7) is 0.153. The van der Waals surface area contributed by atoms with E-state index in [9.17, 15) is 19.5 Å². The minimum Gasteiger partial charge on any atom is -0.545 e. The van der Waals surface area contributed by atoms with Crippen LogP contribution in [0.15, 0.2) is 47.6 Å². The maximum atomic E-state index is 11.7. The number of carbonyl (C=O) groups is 3. The number of nitrogens with zero attached hydrogens (tertiary/aromatic N) is 1. The lowest BCUT2D eigenvalue weighted by atomic mass is 10.1. The molecule has 2 aromatic carbocycles. The summed E-state index contributed by atoms with van der Waals surface area (Å²) in [6, 6.07) is 11.0. The molecule has 0 spiro atoms. The number of hydrogen-bond donors (Lipinski definition) is 2. The van der Waals surface area contributed by atoms with E-state index in [-0.39, 0.29) is 17.9 Å². The highest BCUT2D eigenvalue weighted by molar-refractivity contribution is 6.35. The summed E-state index contributed by atoms with van der Waals surface area (Å²) in [5, 5.41) is 17.7. The number of carbonyl (C=O) groups excluding carboxylic acids is 3. The molecule has 0 aliphatic rings. The van der Waals surface area contributed by atoms with Crippen LogP contribution >= 0.6 is 11.6 Å². The van der Waals surface area contributed by atoms with Gasteiger partial charge in [0, 0.05) is 17.1 Å². The predicted octanol–water partition coefficient (Wildman–Crippen LogP) is 0.479. The number of benzene rings is 2. The van der Waals surface area contributed by atoms with Crippen molar-refractivity contribution in [2.45, 2.75) is 6.54 Å². The van der Waals surface area contributed by atoms with Gasteiger partial charge in [-0.15, -0.1) is 0 Å². The Balaban J connectivity index is 1.90. The number of carboxylic acids is 1. The number of amides is 2. The van der Waals surface area contributed by atoms with Gasteiger partial charge in [-0.25, -0.2) is 5.43 Å². The average molecular weight is 389 g/mol. The van der Waals surface area contributed by atoms with Crippen molar-refractivity contribution in [3.8, 4) is 5.75 Å². The van der Waals surface area contributed by atoms with Crippen molar-refractivity contribution >= 4 is 35.6 Å². The van der Waals surface area contributed by atoms with E-state index >= 15 is 0 Å². The number of rotatable bonds is 6. The van der Waals surface area contributed by atoms with Gasteiger partial charge in [0.1, 0.15) is 5.75 Å². The SMILES string of the molecule is COc1ccc(/C=N\NC(=O)C(=O)NCc2ccc(Cl)cc2)cc1C(=O)[O-]. The zero-order valence-corrected chi connectivity index (χ0v) is 14.9. The highest BCUT2D eigenvalue weighted by Crippen LogP contribution is 2.18. The molecule has 2 rings (SSSR count). The molecule has 27 heavy (non-hydrogen) atoms. The van der Waals surface area contributed by atoms with Crippen LogP contribution in [0.1, 0.15) is 21.5 Å². The first-order chi connectivity index (χ1) is 12.9. The fraction of sp³-hybridized carbons (Fsp3) is 0.111. The molecule has 0 bridgehead atoms. The maximum Gasteiger partial charge on any atom is 0.329 e. The van der Waals surface area contributed by atoms with E-state index in [1.807, 2.05) is 0 Å². The molecule has 2 N–H and O–H groups in total. The first-order valence-corrected chi connectivity index (χ1v) is 8.03. The number of hydrazone groups is 1. The molecular formula is C18H15ClN3O5-. The van der Waals surface area contributed by atoms with E-state index in [2.05, 4.69) is 15.8 Å². The number of halogens is 1. The number of aromatic carboxylic acids is 1. The molecule has 0 unspecified atom stereocenters. The smallest absolute Gasteiger partial charge is 0.329 e. The van der Waals surface area contributed by atoms with Crippen LogP contribution in [0.5, 0.6) is 5.75 Å². The Morgan fingerprint density at radius 2 is 1.85 bits per heavy atom. The van der Waals surface area contributed by atoms with Gasteiger partial charge in [-0.05, 0) is 41.5 Å². The van der Waals surface area contributed by atoms with Gasteiger partial charge in [-0.2, -0.15) is 5.10 Å². The van der Waals surface area contributed by atoms with Crippen LogP contribution in [-0.4, -0.2) is 31.1 Å². The van der Waals surface area contributed by atoms with E-state index in [0.717, 1.165) is 5.56 Å². The highest BCUT2D eigenvalue weighted by atomic mass is 35.5. The van der Waals surface area contributed by atoms with Crippen LogP contribution in [0.25, 0.3) is 0 Å². The Kier molecular flexibility index (Phi) is 6.90. The number of ether oxygens (including phenoxy) is 1. The first kappa shape index (κ1) is 19.9. The second kappa shape index (κ2) is 9.35. The maximum absolute atomic E-state index is 11.7. The molecule has 2 aromatic rings. The van der Waals surface area contributed by atoms with E-state index in [0.29, 0.717) is 10.6 Å². The van der Waals surface area contributed by atoms with Gasteiger partial charge in [0.2, 0.25) is 0 Å². The second-order valence-electron chi connectivity index (χ2n) is 5.26. The molecule has 8 nitrogen and oxygen atoms in total. The lowest BCUT2D eigenvalue weighted by Crippen LogP contribution is -2.37. The summed E-state index contributed by atoms with van der Waals surface area (Å²) < 4.78 is 4.91. The summed E-state index contributed by atoms with van der Waals surface area (Å²) >= 11 is 5.77. The molecule has 0 heterocycles. The summed E-state index contributed by atoms with van der Waals surface area (Å²) in [5.74, 6) is -3.11. The number of carboxylic acid groups (broad SMARTS) is 1. The fourth-order valence-electron chi connectivity index (χ4n) is 2.05. The standard InChI is InChI=1S/C18H16ClN3O5/c1-27-15-7-4-12(8-14(15)18(25)26)10-21-22-17(24)16(23)20-9-11-2-5-13(19)6-3-11/h2-8,10H,9H2,1H3,(H,20,23)(H,22,24)(H,25,26)/p-1/b21-10-. The fourth-order valence-corrected chi connectivity index (χ4v) is 2.17. The van der Waals surface area contributed by atoms with Gasteiger partial charge in [0.25, 0.3) is 0 Å². The Morgan fingerprint density at radius 3 is 2.48 bits per heavy atom. The van der Waals surface area contributed by atoms with Gasteiger partial charge >= 0.3 is 11.8 Å². The molecular weight excluding hydrogens is 374 g/mol. The van der Waals surface area contributed by atoms with Crippen LogP contribution in [0, 0.1) is 0 Å². The van der Waals surface area contributed by atoms with E-state index in [4.69, 9.17) is 16.3 Å². The molecule has 0 aromatic heterocycles. The quantitative estimate of drug-likeness (QED) is 0.423. The van der Waals surface area contributed by atoms with Crippen molar-refractivity contribution < 1.29 is 24.2 Å².